The lowest BCUT2D eigenvalue weighted by Gasteiger charge is -2.46. The van der Waals surface area contributed by atoms with Crippen LogP contribution in [0.15, 0.2) is 54.1 Å². The quantitative estimate of drug-likeness (QED) is 0.200. The summed E-state index contributed by atoms with van der Waals surface area (Å²) >= 11 is 0. The fourth-order valence-corrected chi connectivity index (χ4v) is 9.37. The molecule has 0 aliphatic heterocycles. The number of rotatable bonds is 9. The van der Waals surface area contributed by atoms with Crippen LogP contribution in [0.3, 0.4) is 0 Å². The summed E-state index contributed by atoms with van der Waals surface area (Å²) in [6, 6.07) is 13.3. The standard InChI is InChI=1S/C44H63NO6/c1-8-24-45(42(48)51-40-25-31(5)12-19-36(40)29(2)3)28-44(49)23-21-39-37-20-13-32(26-34(46)16-11-30(4)10-9-22-43(39,44)6)27-38(37)41(47)33-14-17-35(50-7)18-15-33/h10,13-15,17-18,20,27,29,31,34,36,39-40,46,49H,8-9,11-12,16,19,21-26,28H2,1-7H3. The van der Waals surface area contributed by atoms with E-state index in [2.05, 4.69) is 53.7 Å². The molecule has 7 atom stereocenters. The Morgan fingerprint density at radius 2 is 1.78 bits per heavy atom. The highest BCUT2D eigenvalue weighted by Crippen LogP contribution is 2.59. The van der Waals surface area contributed by atoms with E-state index < -0.39 is 17.1 Å². The Kier molecular flexibility index (Phi) is 12.8. The molecule has 4 aliphatic rings. The van der Waals surface area contributed by atoms with E-state index in [1.807, 2.05) is 12.1 Å². The fourth-order valence-electron chi connectivity index (χ4n) is 9.37. The minimum Gasteiger partial charge on any atom is -0.497 e. The molecule has 51 heavy (non-hydrogen) atoms. The number of carbonyl (C=O) groups excluding carboxylic acids is 2. The van der Waals surface area contributed by atoms with Gasteiger partial charge >= 0.3 is 6.09 Å². The van der Waals surface area contributed by atoms with Crippen molar-refractivity contribution in [3.05, 3.63) is 76.4 Å². The van der Waals surface area contributed by atoms with Gasteiger partial charge in [-0.2, -0.15) is 0 Å². The summed E-state index contributed by atoms with van der Waals surface area (Å²) in [5.74, 6) is 1.76. The van der Waals surface area contributed by atoms with Gasteiger partial charge in [-0.25, -0.2) is 4.79 Å². The van der Waals surface area contributed by atoms with Crippen molar-refractivity contribution in [3.8, 4) is 5.75 Å². The molecular formula is C44H63NO6. The summed E-state index contributed by atoms with van der Waals surface area (Å²) in [7, 11) is 1.61. The summed E-state index contributed by atoms with van der Waals surface area (Å²) in [6.45, 7) is 13.7. The van der Waals surface area contributed by atoms with Crippen molar-refractivity contribution in [2.75, 3.05) is 20.2 Å². The first kappa shape index (κ1) is 39.1. The number of aliphatic hydroxyl groups is 2. The van der Waals surface area contributed by atoms with Gasteiger partial charge in [0.1, 0.15) is 11.9 Å². The molecule has 4 aliphatic carbocycles. The Hall–Kier alpha value is -3.16. The van der Waals surface area contributed by atoms with E-state index in [4.69, 9.17) is 9.47 Å². The Labute approximate surface area is 306 Å². The summed E-state index contributed by atoms with van der Waals surface area (Å²) in [5, 5.41) is 23.9. The number of allylic oxidation sites excluding steroid dienone is 2. The lowest BCUT2D eigenvalue weighted by Crippen LogP contribution is -2.54. The highest BCUT2D eigenvalue weighted by Gasteiger charge is 2.58. The van der Waals surface area contributed by atoms with Crippen molar-refractivity contribution >= 4 is 11.9 Å². The second-order valence-corrected chi connectivity index (χ2v) is 16.7. The average molecular weight is 702 g/mol. The van der Waals surface area contributed by atoms with Crippen LogP contribution in [0, 0.1) is 23.2 Å². The lowest BCUT2D eigenvalue weighted by molar-refractivity contribution is -0.0862. The van der Waals surface area contributed by atoms with Gasteiger partial charge in [-0.1, -0.05) is 64.8 Å². The van der Waals surface area contributed by atoms with E-state index in [9.17, 15) is 19.8 Å². The maximum atomic E-state index is 14.4. The van der Waals surface area contributed by atoms with Gasteiger partial charge in [0, 0.05) is 23.1 Å². The number of amides is 1. The normalized spacial score (nSPS) is 29.9. The molecule has 2 N–H and O–H groups in total. The Balaban J connectivity index is 1.52. The predicted molar refractivity (Wildman–Crippen MR) is 203 cm³/mol. The molecule has 0 saturated heterocycles. The topological polar surface area (TPSA) is 96.3 Å². The van der Waals surface area contributed by atoms with Crippen LogP contribution in [0.25, 0.3) is 0 Å². The second kappa shape index (κ2) is 16.7. The Morgan fingerprint density at radius 3 is 2.47 bits per heavy atom. The van der Waals surface area contributed by atoms with Gasteiger partial charge in [0.25, 0.3) is 0 Å². The molecule has 0 radical (unpaired) electrons. The maximum absolute atomic E-state index is 14.4. The largest absolute Gasteiger partial charge is 0.497 e. The number of hydrogen-bond acceptors (Lipinski definition) is 6. The number of fused-ring (bicyclic) bond motifs is 8. The van der Waals surface area contributed by atoms with E-state index in [0.717, 1.165) is 49.7 Å². The Bertz CT molecular complexity index is 1530. The zero-order valence-corrected chi connectivity index (χ0v) is 32.2. The number of carbonyl (C=O) groups is 2. The highest BCUT2D eigenvalue weighted by atomic mass is 16.6. The molecule has 1 amide bonds. The van der Waals surface area contributed by atoms with E-state index in [1.54, 1.807) is 36.3 Å². The smallest absolute Gasteiger partial charge is 0.410 e. The van der Waals surface area contributed by atoms with E-state index in [0.29, 0.717) is 73.3 Å². The molecule has 2 aromatic carbocycles. The molecule has 0 aromatic heterocycles. The first-order valence-corrected chi connectivity index (χ1v) is 19.6. The molecule has 2 fully saturated rings. The molecule has 7 nitrogen and oxygen atoms in total. The van der Waals surface area contributed by atoms with E-state index in [-0.39, 0.29) is 30.4 Å². The maximum Gasteiger partial charge on any atom is 0.410 e. The monoisotopic (exact) mass is 701 g/mol. The van der Waals surface area contributed by atoms with Gasteiger partial charge in [0.2, 0.25) is 0 Å². The number of benzene rings is 2. The van der Waals surface area contributed by atoms with Gasteiger partial charge in [-0.3, -0.25) is 4.79 Å². The van der Waals surface area contributed by atoms with Crippen LogP contribution in [-0.4, -0.2) is 65.0 Å². The molecule has 7 unspecified atom stereocenters. The van der Waals surface area contributed by atoms with Gasteiger partial charge in [0.05, 0.1) is 25.4 Å². The van der Waals surface area contributed by atoms with Crippen LogP contribution in [0.4, 0.5) is 4.79 Å². The summed E-state index contributed by atoms with van der Waals surface area (Å²) in [4.78, 5) is 30.2. The zero-order valence-electron chi connectivity index (χ0n) is 32.2. The van der Waals surface area contributed by atoms with Crippen LogP contribution < -0.4 is 4.74 Å². The van der Waals surface area contributed by atoms with Crippen LogP contribution >= 0.6 is 0 Å². The molecule has 6 rings (SSSR count). The number of ether oxygens (including phenoxy) is 2. The minimum absolute atomic E-state index is 0.0813. The highest BCUT2D eigenvalue weighted by molar-refractivity contribution is 6.10. The van der Waals surface area contributed by atoms with Crippen LogP contribution in [0.5, 0.6) is 5.75 Å². The zero-order chi connectivity index (χ0) is 36.9. The van der Waals surface area contributed by atoms with Crippen molar-refractivity contribution in [3.63, 3.8) is 0 Å². The van der Waals surface area contributed by atoms with Crippen LogP contribution in [0.1, 0.15) is 139 Å². The van der Waals surface area contributed by atoms with Crippen molar-refractivity contribution in [2.45, 2.75) is 136 Å². The number of nitrogens with zero attached hydrogens (tertiary/aromatic N) is 1. The number of hydrogen-bond donors (Lipinski definition) is 2. The third-order valence-electron chi connectivity index (χ3n) is 12.7. The first-order chi connectivity index (χ1) is 24.3. The first-order valence-electron chi connectivity index (χ1n) is 19.6. The van der Waals surface area contributed by atoms with Crippen molar-refractivity contribution in [2.24, 2.45) is 23.2 Å². The second-order valence-electron chi connectivity index (χ2n) is 16.7. The molecule has 280 valence electrons. The molecule has 0 heterocycles. The molecule has 2 saturated carbocycles. The third kappa shape index (κ3) is 8.73. The van der Waals surface area contributed by atoms with E-state index >= 15 is 0 Å². The summed E-state index contributed by atoms with van der Waals surface area (Å²) < 4.78 is 11.7. The van der Waals surface area contributed by atoms with Crippen molar-refractivity contribution in [1.29, 1.82) is 0 Å². The van der Waals surface area contributed by atoms with E-state index in [1.165, 1.54) is 5.57 Å². The number of ketones is 1. The number of aliphatic hydroxyl groups excluding tert-OH is 1. The van der Waals surface area contributed by atoms with Gasteiger partial charge < -0.3 is 24.6 Å². The van der Waals surface area contributed by atoms with Crippen LogP contribution in [-0.2, 0) is 11.2 Å². The van der Waals surface area contributed by atoms with Gasteiger partial charge in [0.15, 0.2) is 5.78 Å². The molecule has 2 aromatic rings. The van der Waals surface area contributed by atoms with Gasteiger partial charge in [-0.15, -0.1) is 0 Å². The SMILES string of the molecule is CCCN(CC1(O)CCC2c3ccc(cc3C(=O)c3ccc(OC)cc3)CC(O)CCC(C)=CCCC21C)C(=O)OC1CC(C)CCC1C(C)C. The molecule has 0 spiro atoms. The van der Waals surface area contributed by atoms with Gasteiger partial charge in [-0.05, 0) is 136 Å². The summed E-state index contributed by atoms with van der Waals surface area (Å²) in [6.07, 6.45) is 9.70. The van der Waals surface area contributed by atoms with Crippen molar-refractivity contribution in [1.82, 2.24) is 4.90 Å². The molecule has 2 bridgehead atoms. The number of methoxy groups -OCH3 is 1. The van der Waals surface area contributed by atoms with Crippen molar-refractivity contribution < 1.29 is 29.3 Å². The fraction of sp³-hybridized carbons (Fsp3) is 0.636. The third-order valence-corrected chi connectivity index (χ3v) is 12.7. The molecular weight excluding hydrogens is 638 g/mol. The Morgan fingerprint density at radius 1 is 1.04 bits per heavy atom. The molecule has 7 heteroatoms. The summed E-state index contributed by atoms with van der Waals surface area (Å²) in [5.41, 5.74) is 2.42. The minimum atomic E-state index is -1.20. The lowest BCUT2D eigenvalue weighted by atomic mass is 9.64. The average Bonchev–Trinajstić information content (AvgIpc) is 3.35. The predicted octanol–water partition coefficient (Wildman–Crippen LogP) is 9.27. The van der Waals surface area contributed by atoms with Crippen LogP contribution in [0.2, 0.25) is 0 Å².